The van der Waals surface area contributed by atoms with Crippen LogP contribution in [-0.2, 0) is 4.79 Å². The van der Waals surface area contributed by atoms with Crippen molar-refractivity contribution in [2.75, 3.05) is 5.32 Å². The standard InChI is InChI=1S/C21H19N5O2S2/c1-13-8-9-16(28-13)10-11-18-23-21(26-25-18)30-14(2)19(27)24-20-22-17(12-29-20)15-6-4-3-5-7-15/h3-12,14H,1-2H3,(H,22,24,27)(H,23,25,26). The van der Waals surface area contributed by atoms with Crippen molar-refractivity contribution in [1.82, 2.24) is 20.2 Å². The smallest absolute Gasteiger partial charge is 0.239 e. The van der Waals surface area contributed by atoms with E-state index in [2.05, 4.69) is 25.5 Å². The second-order valence-corrected chi connectivity index (χ2v) is 8.60. The highest BCUT2D eigenvalue weighted by molar-refractivity contribution is 8.00. The van der Waals surface area contributed by atoms with Crippen LogP contribution >= 0.6 is 23.1 Å². The summed E-state index contributed by atoms with van der Waals surface area (Å²) >= 11 is 2.67. The Balaban J connectivity index is 1.33. The zero-order valence-electron chi connectivity index (χ0n) is 16.3. The fourth-order valence-electron chi connectivity index (χ4n) is 2.58. The average Bonchev–Trinajstić information content (AvgIpc) is 3.49. The van der Waals surface area contributed by atoms with Gasteiger partial charge in [0.2, 0.25) is 11.1 Å². The van der Waals surface area contributed by atoms with E-state index in [-0.39, 0.29) is 11.2 Å². The van der Waals surface area contributed by atoms with E-state index in [1.807, 2.05) is 67.8 Å². The lowest BCUT2D eigenvalue weighted by Gasteiger charge is -2.07. The van der Waals surface area contributed by atoms with Crippen molar-refractivity contribution in [3.63, 3.8) is 0 Å². The van der Waals surface area contributed by atoms with Gasteiger partial charge in [0.05, 0.1) is 10.9 Å². The summed E-state index contributed by atoms with van der Waals surface area (Å²) in [7, 11) is 0. The van der Waals surface area contributed by atoms with Gasteiger partial charge < -0.3 is 9.73 Å². The molecule has 0 fully saturated rings. The van der Waals surface area contributed by atoms with Crippen molar-refractivity contribution in [2.45, 2.75) is 24.3 Å². The van der Waals surface area contributed by atoms with E-state index < -0.39 is 0 Å². The number of rotatable bonds is 7. The Bertz CT molecular complexity index is 1160. The number of anilines is 1. The number of furan rings is 1. The van der Waals surface area contributed by atoms with Crippen LogP contribution in [0, 0.1) is 6.92 Å². The van der Waals surface area contributed by atoms with Crippen molar-refractivity contribution >= 4 is 46.3 Å². The molecule has 4 aromatic rings. The molecular formula is C21H19N5O2S2. The number of hydrogen-bond donors (Lipinski definition) is 2. The molecule has 3 heterocycles. The first-order chi connectivity index (χ1) is 14.6. The maximum Gasteiger partial charge on any atom is 0.239 e. The number of amides is 1. The fraction of sp³-hybridized carbons (Fsp3) is 0.143. The largest absolute Gasteiger partial charge is 0.462 e. The topological polar surface area (TPSA) is 96.7 Å². The van der Waals surface area contributed by atoms with Crippen LogP contribution in [0.15, 0.2) is 57.4 Å². The third kappa shape index (κ3) is 5.05. The second kappa shape index (κ2) is 9.10. The maximum absolute atomic E-state index is 12.5. The molecule has 1 aromatic carbocycles. The molecule has 0 aliphatic rings. The molecule has 0 aliphatic heterocycles. The molecule has 1 unspecified atom stereocenters. The van der Waals surface area contributed by atoms with Crippen molar-refractivity contribution in [3.05, 3.63) is 65.2 Å². The number of aromatic amines is 1. The van der Waals surface area contributed by atoms with Crippen molar-refractivity contribution in [3.8, 4) is 11.3 Å². The van der Waals surface area contributed by atoms with E-state index in [0.717, 1.165) is 22.8 Å². The molecule has 1 atom stereocenters. The molecule has 0 radical (unpaired) electrons. The molecule has 2 N–H and O–H groups in total. The summed E-state index contributed by atoms with van der Waals surface area (Å²) in [4.78, 5) is 21.4. The van der Waals surface area contributed by atoms with Gasteiger partial charge in [0.25, 0.3) is 0 Å². The summed E-state index contributed by atoms with van der Waals surface area (Å²) in [6.07, 6.45) is 3.59. The zero-order chi connectivity index (χ0) is 20.9. The number of nitrogens with one attached hydrogen (secondary N) is 2. The lowest BCUT2D eigenvalue weighted by atomic mass is 10.2. The van der Waals surface area contributed by atoms with E-state index in [1.54, 1.807) is 6.08 Å². The molecule has 9 heteroatoms. The minimum absolute atomic E-state index is 0.151. The Morgan fingerprint density at radius 2 is 2.03 bits per heavy atom. The lowest BCUT2D eigenvalue weighted by Crippen LogP contribution is -2.22. The molecule has 4 rings (SSSR count). The molecule has 0 saturated carbocycles. The van der Waals surface area contributed by atoms with Gasteiger partial charge in [0.15, 0.2) is 5.13 Å². The normalized spacial score (nSPS) is 12.3. The van der Waals surface area contributed by atoms with Gasteiger partial charge in [-0.25, -0.2) is 9.97 Å². The average molecular weight is 438 g/mol. The maximum atomic E-state index is 12.5. The van der Waals surface area contributed by atoms with Crippen LogP contribution in [-0.4, -0.2) is 31.3 Å². The Hall–Kier alpha value is -3.17. The molecule has 1 amide bonds. The Morgan fingerprint density at radius 3 is 2.80 bits per heavy atom. The van der Waals surface area contributed by atoms with E-state index in [0.29, 0.717) is 16.1 Å². The molecule has 0 bridgehead atoms. The monoisotopic (exact) mass is 437 g/mol. The summed E-state index contributed by atoms with van der Waals surface area (Å²) in [6, 6.07) is 13.6. The van der Waals surface area contributed by atoms with Crippen LogP contribution in [0.2, 0.25) is 0 Å². The van der Waals surface area contributed by atoms with E-state index in [4.69, 9.17) is 4.42 Å². The van der Waals surface area contributed by atoms with E-state index >= 15 is 0 Å². The number of thioether (sulfide) groups is 1. The number of nitrogens with zero attached hydrogens (tertiary/aromatic N) is 3. The van der Waals surface area contributed by atoms with Gasteiger partial charge in [-0.1, -0.05) is 42.1 Å². The summed E-state index contributed by atoms with van der Waals surface area (Å²) in [6.45, 7) is 3.70. The predicted molar refractivity (Wildman–Crippen MR) is 120 cm³/mol. The molecule has 30 heavy (non-hydrogen) atoms. The highest BCUT2D eigenvalue weighted by atomic mass is 32.2. The number of benzene rings is 1. The number of aromatic nitrogens is 4. The van der Waals surface area contributed by atoms with Crippen molar-refractivity contribution in [2.24, 2.45) is 0 Å². The number of thiazole rings is 1. The summed E-state index contributed by atoms with van der Waals surface area (Å²) < 4.78 is 5.48. The van der Waals surface area contributed by atoms with Crippen LogP contribution < -0.4 is 5.32 Å². The zero-order valence-corrected chi connectivity index (χ0v) is 18.0. The summed E-state index contributed by atoms with van der Waals surface area (Å²) in [5, 5.41) is 12.5. The van der Waals surface area contributed by atoms with Crippen LogP contribution in [0.5, 0.6) is 0 Å². The fourth-order valence-corrected chi connectivity index (χ4v) is 4.03. The SMILES string of the molecule is Cc1ccc(C=Cc2nc(SC(C)C(=O)Nc3nc(-c4ccccc4)cs3)n[nH]2)o1. The first-order valence-electron chi connectivity index (χ1n) is 9.22. The highest BCUT2D eigenvalue weighted by Crippen LogP contribution is 2.26. The number of H-pyrrole nitrogens is 1. The molecule has 0 saturated heterocycles. The van der Waals surface area contributed by atoms with Gasteiger partial charge in [-0.05, 0) is 38.1 Å². The van der Waals surface area contributed by atoms with Gasteiger partial charge in [-0.2, -0.15) is 0 Å². The van der Waals surface area contributed by atoms with Crippen LogP contribution in [0.25, 0.3) is 23.4 Å². The highest BCUT2D eigenvalue weighted by Gasteiger charge is 2.18. The molecule has 0 aliphatic carbocycles. The minimum Gasteiger partial charge on any atom is -0.462 e. The molecule has 0 spiro atoms. The van der Waals surface area contributed by atoms with Gasteiger partial charge in [-0.3, -0.25) is 9.89 Å². The van der Waals surface area contributed by atoms with Crippen LogP contribution in [0.3, 0.4) is 0 Å². The minimum atomic E-state index is -0.380. The van der Waals surface area contributed by atoms with Crippen molar-refractivity contribution in [1.29, 1.82) is 0 Å². The van der Waals surface area contributed by atoms with Gasteiger partial charge in [0, 0.05) is 10.9 Å². The quantitative estimate of drug-likeness (QED) is 0.390. The number of carbonyl (C=O) groups excluding carboxylic acids is 1. The molecule has 7 nitrogen and oxygen atoms in total. The Morgan fingerprint density at radius 1 is 1.20 bits per heavy atom. The van der Waals surface area contributed by atoms with Gasteiger partial charge >= 0.3 is 0 Å². The third-order valence-electron chi connectivity index (χ3n) is 4.10. The molecule has 3 aromatic heterocycles. The number of hydrogen-bond acceptors (Lipinski definition) is 7. The van der Waals surface area contributed by atoms with Gasteiger partial charge in [-0.15, -0.1) is 16.4 Å². The van der Waals surface area contributed by atoms with Crippen molar-refractivity contribution < 1.29 is 9.21 Å². The van der Waals surface area contributed by atoms with Gasteiger partial charge in [0.1, 0.15) is 17.3 Å². The summed E-state index contributed by atoms with van der Waals surface area (Å²) in [5.41, 5.74) is 1.86. The van der Waals surface area contributed by atoms with Crippen LogP contribution in [0.4, 0.5) is 5.13 Å². The Labute approximate surface area is 181 Å². The third-order valence-corrected chi connectivity index (χ3v) is 5.82. The Kier molecular flexibility index (Phi) is 6.10. The van der Waals surface area contributed by atoms with E-state index in [9.17, 15) is 4.79 Å². The molecule has 152 valence electrons. The van der Waals surface area contributed by atoms with Crippen LogP contribution in [0.1, 0.15) is 24.3 Å². The first-order valence-corrected chi connectivity index (χ1v) is 11.0. The number of carbonyl (C=O) groups is 1. The predicted octanol–water partition coefficient (Wildman–Crippen LogP) is 5.12. The lowest BCUT2D eigenvalue weighted by molar-refractivity contribution is -0.115. The summed E-state index contributed by atoms with van der Waals surface area (Å²) in [5.74, 6) is 2.03. The van der Waals surface area contributed by atoms with E-state index in [1.165, 1.54) is 23.1 Å². The second-order valence-electron chi connectivity index (χ2n) is 6.44. The first kappa shape index (κ1) is 20.1. The molecular weight excluding hydrogens is 418 g/mol. The number of aryl methyl sites for hydroxylation is 1.